The molecule has 0 atom stereocenters. The van der Waals surface area contributed by atoms with E-state index in [-0.39, 0.29) is 5.91 Å². The molecule has 0 aliphatic rings. The van der Waals surface area contributed by atoms with Crippen LogP contribution in [-0.2, 0) is 4.79 Å². The van der Waals surface area contributed by atoms with E-state index in [9.17, 15) is 4.79 Å². The smallest absolute Gasteiger partial charge is 0.234 e. The lowest BCUT2D eigenvalue weighted by Crippen LogP contribution is -2.14. The van der Waals surface area contributed by atoms with Gasteiger partial charge in [0.05, 0.1) is 16.5 Å². The fourth-order valence-electron chi connectivity index (χ4n) is 1.64. The van der Waals surface area contributed by atoms with Crippen molar-refractivity contribution in [1.29, 1.82) is 0 Å². The first-order valence-corrected chi connectivity index (χ1v) is 7.74. The zero-order valence-corrected chi connectivity index (χ0v) is 13.1. The third-order valence-corrected chi connectivity index (χ3v) is 4.38. The summed E-state index contributed by atoms with van der Waals surface area (Å²) >= 11 is 13.3. The van der Waals surface area contributed by atoms with Crippen molar-refractivity contribution in [2.45, 2.75) is 11.8 Å². The van der Waals surface area contributed by atoms with Crippen LogP contribution in [-0.4, -0.2) is 11.7 Å². The van der Waals surface area contributed by atoms with Crippen LogP contribution in [0.1, 0.15) is 5.56 Å². The van der Waals surface area contributed by atoms with E-state index >= 15 is 0 Å². The predicted octanol–water partition coefficient (Wildman–Crippen LogP) is 5.03. The van der Waals surface area contributed by atoms with Gasteiger partial charge < -0.3 is 5.32 Å². The number of halogens is 2. The second-order valence-electron chi connectivity index (χ2n) is 4.23. The molecule has 2 aromatic rings. The molecule has 104 valence electrons. The van der Waals surface area contributed by atoms with Gasteiger partial charge in [-0.2, -0.15) is 0 Å². The highest BCUT2D eigenvalue weighted by atomic mass is 35.5. The zero-order chi connectivity index (χ0) is 14.5. The van der Waals surface area contributed by atoms with Crippen molar-refractivity contribution in [1.82, 2.24) is 0 Å². The minimum Gasteiger partial charge on any atom is -0.324 e. The largest absolute Gasteiger partial charge is 0.324 e. The minimum atomic E-state index is -0.0949. The van der Waals surface area contributed by atoms with E-state index < -0.39 is 0 Å². The average Bonchev–Trinajstić information content (AvgIpc) is 2.41. The molecule has 2 nitrogen and oxygen atoms in total. The maximum Gasteiger partial charge on any atom is 0.234 e. The summed E-state index contributed by atoms with van der Waals surface area (Å²) in [5.74, 6) is 0.242. The van der Waals surface area contributed by atoms with Crippen molar-refractivity contribution >= 4 is 46.6 Å². The van der Waals surface area contributed by atoms with Crippen molar-refractivity contribution in [3.8, 4) is 0 Å². The lowest BCUT2D eigenvalue weighted by atomic mass is 10.2. The Kier molecular flexibility index (Phi) is 5.35. The van der Waals surface area contributed by atoms with Crippen molar-refractivity contribution in [2.24, 2.45) is 0 Å². The third kappa shape index (κ3) is 4.17. The molecule has 0 unspecified atom stereocenters. The summed E-state index contributed by atoms with van der Waals surface area (Å²) in [7, 11) is 0. The average molecular weight is 326 g/mol. The molecular formula is C15H13Cl2NOS. The van der Waals surface area contributed by atoms with Crippen molar-refractivity contribution in [3.05, 3.63) is 58.1 Å². The van der Waals surface area contributed by atoms with Gasteiger partial charge in [0.15, 0.2) is 0 Å². The van der Waals surface area contributed by atoms with Gasteiger partial charge >= 0.3 is 0 Å². The van der Waals surface area contributed by atoms with Crippen LogP contribution in [0.4, 0.5) is 5.69 Å². The van der Waals surface area contributed by atoms with E-state index in [0.717, 1.165) is 10.5 Å². The Bertz CT molecular complexity index is 631. The molecule has 0 saturated heterocycles. The highest BCUT2D eigenvalue weighted by Crippen LogP contribution is 2.26. The van der Waals surface area contributed by atoms with E-state index in [4.69, 9.17) is 23.2 Å². The quantitative estimate of drug-likeness (QED) is 0.798. The maximum atomic E-state index is 11.9. The molecule has 0 radical (unpaired) electrons. The van der Waals surface area contributed by atoms with Gasteiger partial charge in [0.1, 0.15) is 0 Å². The SMILES string of the molecule is Cc1ccccc1SCC(=O)Nc1ccc(Cl)cc1Cl. The molecule has 20 heavy (non-hydrogen) atoms. The summed E-state index contributed by atoms with van der Waals surface area (Å²) in [4.78, 5) is 13.0. The fraction of sp³-hybridized carbons (Fsp3) is 0.133. The highest BCUT2D eigenvalue weighted by Gasteiger charge is 2.08. The van der Waals surface area contributed by atoms with Gasteiger partial charge in [-0.05, 0) is 36.8 Å². The van der Waals surface area contributed by atoms with Crippen LogP contribution in [0.15, 0.2) is 47.4 Å². The van der Waals surface area contributed by atoms with Gasteiger partial charge in [0.25, 0.3) is 0 Å². The number of thioether (sulfide) groups is 1. The Balaban J connectivity index is 1.94. The minimum absolute atomic E-state index is 0.0949. The Morgan fingerprint density at radius 2 is 1.95 bits per heavy atom. The number of nitrogens with one attached hydrogen (secondary N) is 1. The van der Waals surface area contributed by atoms with Crippen LogP contribution in [0.25, 0.3) is 0 Å². The first-order chi connectivity index (χ1) is 9.56. The van der Waals surface area contributed by atoms with Gasteiger partial charge in [-0.25, -0.2) is 0 Å². The normalized spacial score (nSPS) is 10.3. The number of aryl methyl sites for hydroxylation is 1. The third-order valence-electron chi connectivity index (χ3n) is 2.66. The van der Waals surface area contributed by atoms with Gasteiger partial charge in [0, 0.05) is 9.92 Å². The van der Waals surface area contributed by atoms with Crippen LogP contribution in [0, 0.1) is 6.92 Å². The standard InChI is InChI=1S/C15H13Cl2NOS/c1-10-4-2-3-5-14(10)20-9-15(19)18-13-7-6-11(16)8-12(13)17/h2-8H,9H2,1H3,(H,18,19). The summed E-state index contributed by atoms with van der Waals surface area (Å²) in [6.07, 6.45) is 0. The number of anilines is 1. The van der Waals surface area contributed by atoms with Crippen molar-refractivity contribution in [3.63, 3.8) is 0 Å². The number of carbonyl (C=O) groups excluding carboxylic acids is 1. The fourth-order valence-corrected chi connectivity index (χ4v) is 2.92. The molecule has 0 fully saturated rings. The van der Waals surface area contributed by atoms with Gasteiger partial charge in [-0.15, -0.1) is 11.8 Å². The van der Waals surface area contributed by atoms with Gasteiger partial charge in [-0.3, -0.25) is 4.79 Å². The second-order valence-corrected chi connectivity index (χ2v) is 6.09. The first kappa shape index (κ1) is 15.2. The van der Waals surface area contributed by atoms with Crippen LogP contribution in [0.3, 0.4) is 0 Å². The summed E-state index contributed by atoms with van der Waals surface area (Å²) in [6, 6.07) is 13.0. The molecule has 2 rings (SSSR count). The molecule has 1 N–H and O–H groups in total. The lowest BCUT2D eigenvalue weighted by molar-refractivity contribution is -0.113. The van der Waals surface area contributed by atoms with Crippen molar-refractivity contribution < 1.29 is 4.79 Å². The molecule has 0 aliphatic heterocycles. The first-order valence-electron chi connectivity index (χ1n) is 5.99. The van der Waals surface area contributed by atoms with E-state index in [1.807, 2.05) is 31.2 Å². The molecule has 0 aromatic heterocycles. The lowest BCUT2D eigenvalue weighted by Gasteiger charge is -2.08. The number of benzene rings is 2. The van der Waals surface area contributed by atoms with Crippen LogP contribution < -0.4 is 5.32 Å². The summed E-state index contributed by atoms with van der Waals surface area (Å²) in [5, 5.41) is 3.76. The molecule has 0 saturated carbocycles. The van der Waals surface area contributed by atoms with Gasteiger partial charge in [-0.1, -0.05) is 41.4 Å². The van der Waals surface area contributed by atoms with E-state index in [0.29, 0.717) is 21.5 Å². The van der Waals surface area contributed by atoms with E-state index in [2.05, 4.69) is 5.32 Å². The van der Waals surface area contributed by atoms with Crippen molar-refractivity contribution in [2.75, 3.05) is 11.1 Å². The van der Waals surface area contributed by atoms with Crippen LogP contribution in [0.5, 0.6) is 0 Å². The Morgan fingerprint density at radius 3 is 2.65 bits per heavy atom. The molecule has 1 amide bonds. The molecule has 2 aromatic carbocycles. The molecule has 0 bridgehead atoms. The maximum absolute atomic E-state index is 11.9. The molecule has 5 heteroatoms. The van der Waals surface area contributed by atoms with E-state index in [1.165, 1.54) is 11.8 Å². The van der Waals surface area contributed by atoms with Crippen LogP contribution in [0.2, 0.25) is 10.0 Å². The Labute approximate surface area is 132 Å². The Hall–Kier alpha value is -1.16. The number of hydrogen-bond donors (Lipinski definition) is 1. The molecular weight excluding hydrogens is 313 g/mol. The monoisotopic (exact) mass is 325 g/mol. The highest BCUT2D eigenvalue weighted by molar-refractivity contribution is 8.00. The van der Waals surface area contributed by atoms with Crippen LogP contribution >= 0.6 is 35.0 Å². The topological polar surface area (TPSA) is 29.1 Å². The summed E-state index contributed by atoms with van der Waals surface area (Å²) in [5.41, 5.74) is 1.74. The predicted molar refractivity (Wildman–Crippen MR) is 87.0 cm³/mol. The number of carbonyl (C=O) groups is 1. The summed E-state index contributed by atoms with van der Waals surface area (Å²) in [6.45, 7) is 2.02. The molecule has 0 aliphatic carbocycles. The molecule has 0 spiro atoms. The van der Waals surface area contributed by atoms with E-state index in [1.54, 1.807) is 18.2 Å². The number of amides is 1. The summed E-state index contributed by atoms with van der Waals surface area (Å²) < 4.78 is 0. The molecule has 0 heterocycles. The number of hydrogen-bond acceptors (Lipinski definition) is 2. The number of rotatable bonds is 4. The second kappa shape index (κ2) is 7.02. The Morgan fingerprint density at radius 1 is 1.20 bits per heavy atom. The zero-order valence-electron chi connectivity index (χ0n) is 10.8. The van der Waals surface area contributed by atoms with Gasteiger partial charge in [0.2, 0.25) is 5.91 Å².